The van der Waals surface area contributed by atoms with E-state index in [1.54, 1.807) is 7.11 Å². The first kappa shape index (κ1) is 21.9. The molecule has 2 N–H and O–H groups in total. The Bertz CT molecular complexity index is 627. The fourth-order valence-electron chi connectivity index (χ4n) is 4.59. The molecule has 2 saturated heterocycles. The van der Waals surface area contributed by atoms with Crippen molar-refractivity contribution in [2.45, 2.75) is 38.6 Å². The van der Waals surface area contributed by atoms with Crippen LogP contribution in [0.15, 0.2) is 29.3 Å². The minimum Gasteiger partial charge on any atom is -0.497 e. The zero-order valence-electron chi connectivity index (χ0n) is 18.5. The Hall–Kier alpha value is -1.79. The van der Waals surface area contributed by atoms with Crippen molar-refractivity contribution in [1.82, 2.24) is 20.4 Å². The van der Waals surface area contributed by atoms with Crippen molar-refractivity contribution in [3.63, 3.8) is 0 Å². The Morgan fingerprint density at radius 3 is 2.59 bits per heavy atom. The quantitative estimate of drug-likeness (QED) is 0.492. The fraction of sp³-hybridized carbons (Fsp3) is 0.696. The van der Waals surface area contributed by atoms with Crippen molar-refractivity contribution in [1.29, 1.82) is 0 Å². The summed E-state index contributed by atoms with van der Waals surface area (Å²) >= 11 is 0. The highest BCUT2D eigenvalue weighted by atomic mass is 16.5. The van der Waals surface area contributed by atoms with Gasteiger partial charge in [-0.15, -0.1) is 0 Å². The van der Waals surface area contributed by atoms with E-state index in [1.165, 1.54) is 64.0 Å². The van der Waals surface area contributed by atoms with Crippen LogP contribution in [-0.4, -0.2) is 75.7 Å². The normalized spacial score (nSPS) is 22.0. The third-order valence-corrected chi connectivity index (χ3v) is 6.24. The number of nitrogens with zero attached hydrogens (tertiary/aromatic N) is 3. The van der Waals surface area contributed by atoms with Crippen molar-refractivity contribution < 1.29 is 4.74 Å². The Morgan fingerprint density at radius 1 is 1.17 bits per heavy atom. The Balaban J connectivity index is 1.53. The number of methoxy groups -OCH3 is 1. The molecule has 1 aromatic carbocycles. The van der Waals surface area contributed by atoms with Crippen molar-refractivity contribution in [3.8, 4) is 5.75 Å². The lowest BCUT2D eigenvalue weighted by Crippen LogP contribution is -2.44. The number of guanidine groups is 1. The summed E-state index contributed by atoms with van der Waals surface area (Å²) in [5, 5.41) is 7.15. The third-order valence-electron chi connectivity index (χ3n) is 6.24. The van der Waals surface area contributed by atoms with Gasteiger partial charge in [-0.2, -0.15) is 0 Å². The van der Waals surface area contributed by atoms with E-state index in [2.05, 4.69) is 56.6 Å². The number of rotatable bonds is 9. The molecule has 0 aromatic heterocycles. The van der Waals surface area contributed by atoms with E-state index >= 15 is 0 Å². The zero-order chi connectivity index (χ0) is 20.5. The summed E-state index contributed by atoms with van der Waals surface area (Å²) in [6, 6.07) is 8.87. The topological polar surface area (TPSA) is 52.1 Å². The molecule has 0 radical (unpaired) electrons. The van der Waals surface area contributed by atoms with Crippen molar-refractivity contribution >= 4 is 5.96 Å². The monoisotopic (exact) mass is 401 g/mol. The third kappa shape index (κ3) is 6.34. The highest BCUT2D eigenvalue weighted by Crippen LogP contribution is 2.26. The fourth-order valence-corrected chi connectivity index (χ4v) is 4.59. The Morgan fingerprint density at radius 2 is 1.93 bits per heavy atom. The number of hydrogen-bond acceptors (Lipinski definition) is 4. The maximum atomic E-state index is 5.33. The van der Waals surface area contributed by atoms with E-state index < -0.39 is 0 Å². The van der Waals surface area contributed by atoms with E-state index in [4.69, 9.17) is 4.74 Å². The van der Waals surface area contributed by atoms with Crippen LogP contribution in [0.4, 0.5) is 0 Å². The van der Waals surface area contributed by atoms with Gasteiger partial charge in [0.1, 0.15) is 5.75 Å². The second-order valence-electron chi connectivity index (χ2n) is 8.32. The van der Waals surface area contributed by atoms with E-state index in [0.717, 1.165) is 30.7 Å². The maximum absolute atomic E-state index is 5.33. The van der Waals surface area contributed by atoms with Crippen LogP contribution >= 0.6 is 0 Å². The van der Waals surface area contributed by atoms with Gasteiger partial charge in [-0.25, -0.2) is 0 Å². The van der Waals surface area contributed by atoms with Crippen LogP contribution in [0.25, 0.3) is 0 Å². The van der Waals surface area contributed by atoms with Crippen molar-refractivity contribution in [2.75, 3.05) is 60.0 Å². The molecule has 0 aliphatic carbocycles. The van der Waals surface area contributed by atoms with Crippen LogP contribution in [0.3, 0.4) is 0 Å². The number of hydrogen-bond donors (Lipinski definition) is 2. The van der Waals surface area contributed by atoms with Gasteiger partial charge in [0.25, 0.3) is 0 Å². The van der Waals surface area contributed by atoms with E-state index in [0.29, 0.717) is 6.04 Å². The van der Waals surface area contributed by atoms with Crippen LogP contribution in [0.5, 0.6) is 5.75 Å². The molecule has 2 aliphatic heterocycles. The largest absolute Gasteiger partial charge is 0.497 e. The molecule has 6 heteroatoms. The molecule has 0 spiro atoms. The van der Waals surface area contributed by atoms with Gasteiger partial charge in [0, 0.05) is 26.7 Å². The minimum absolute atomic E-state index is 0.355. The summed E-state index contributed by atoms with van der Waals surface area (Å²) in [5.74, 6) is 2.54. The lowest BCUT2D eigenvalue weighted by atomic mass is 10.1. The molecule has 3 rings (SSSR count). The van der Waals surface area contributed by atoms with Crippen molar-refractivity contribution in [3.05, 3.63) is 29.8 Å². The molecular weight excluding hydrogens is 362 g/mol. The molecule has 2 atom stereocenters. The van der Waals surface area contributed by atoms with Gasteiger partial charge >= 0.3 is 0 Å². The van der Waals surface area contributed by atoms with Crippen molar-refractivity contribution in [2.24, 2.45) is 10.9 Å². The standard InChI is InChI=1S/C23H39N5O/c1-4-12-27-15-11-19(18-27)16-25-23(24-2)26-17-22(28-13-5-6-14-28)20-7-9-21(29-3)10-8-20/h7-10,19,22H,4-6,11-18H2,1-3H3,(H2,24,25,26). The molecule has 2 heterocycles. The smallest absolute Gasteiger partial charge is 0.191 e. The van der Waals surface area contributed by atoms with Crippen LogP contribution < -0.4 is 15.4 Å². The molecule has 0 amide bonds. The second-order valence-corrected chi connectivity index (χ2v) is 8.32. The first-order valence-electron chi connectivity index (χ1n) is 11.3. The first-order chi connectivity index (χ1) is 14.2. The van der Waals surface area contributed by atoms with Gasteiger partial charge in [0.05, 0.1) is 13.2 Å². The predicted molar refractivity (Wildman–Crippen MR) is 121 cm³/mol. The van der Waals surface area contributed by atoms with Crippen LogP contribution in [0.2, 0.25) is 0 Å². The molecule has 162 valence electrons. The Kier molecular flexibility index (Phi) is 8.62. The molecule has 6 nitrogen and oxygen atoms in total. The predicted octanol–water partition coefficient (Wildman–Crippen LogP) is 2.73. The average Bonchev–Trinajstić information content (AvgIpc) is 3.44. The highest BCUT2D eigenvalue weighted by molar-refractivity contribution is 5.79. The summed E-state index contributed by atoms with van der Waals surface area (Å²) in [4.78, 5) is 9.63. The van der Waals surface area contributed by atoms with Gasteiger partial charge in [0.2, 0.25) is 0 Å². The van der Waals surface area contributed by atoms with Crippen LogP contribution in [-0.2, 0) is 0 Å². The molecule has 2 unspecified atom stereocenters. The van der Waals surface area contributed by atoms with E-state index in [1.807, 2.05) is 7.05 Å². The average molecular weight is 402 g/mol. The van der Waals surface area contributed by atoms with E-state index in [-0.39, 0.29) is 0 Å². The summed E-state index contributed by atoms with van der Waals surface area (Å²) in [5.41, 5.74) is 1.33. The number of aliphatic imine (C=N–C) groups is 1. The molecular formula is C23H39N5O. The molecule has 0 saturated carbocycles. The number of ether oxygens (including phenoxy) is 1. The maximum Gasteiger partial charge on any atom is 0.191 e. The summed E-state index contributed by atoms with van der Waals surface area (Å²) < 4.78 is 5.33. The van der Waals surface area contributed by atoms with Gasteiger partial charge < -0.3 is 20.3 Å². The molecule has 0 bridgehead atoms. The van der Waals surface area contributed by atoms with Crippen LogP contribution in [0.1, 0.15) is 44.2 Å². The summed E-state index contributed by atoms with van der Waals surface area (Å²) in [6.45, 7) is 10.1. The zero-order valence-corrected chi connectivity index (χ0v) is 18.5. The van der Waals surface area contributed by atoms with Gasteiger partial charge in [0.15, 0.2) is 5.96 Å². The lowest BCUT2D eigenvalue weighted by molar-refractivity contribution is 0.245. The first-order valence-corrected chi connectivity index (χ1v) is 11.3. The lowest BCUT2D eigenvalue weighted by Gasteiger charge is -2.29. The SMILES string of the molecule is CCCN1CCC(CNC(=NC)NCC(c2ccc(OC)cc2)N2CCCC2)C1. The molecule has 1 aromatic rings. The number of likely N-dealkylation sites (tertiary alicyclic amines) is 2. The summed E-state index contributed by atoms with van der Waals surface area (Å²) in [7, 11) is 3.58. The van der Waals surface area contributed by atoms with Gasteiger partial charge in [-0.3, -0.25) is 9.89 Å². The Labute approximate surface area is 176 Å². The minimum atomic E-state index is 0.355. The number of nitrogens with one attached hydrogen (secondary N) is 2. The molecule has 29 heavy (non-hydrogen) atoms. The van der Waals surface area contributed by atoms with Gasteiger partial charge in [-0.1, -0.05) is 19.1 Å². The molecule has 2 aliphatic rings. The van der Waals surface area contributed by atoms with Gasteiger partial charge in [-0.05, 0) is 75.5 Å². The highest BCUT2D eigenvalue weighted by Gasteiger charge is 2.24. The van der Waals surface area contributed by atoms with Crippen LogP contribution in [0, 0.1) is 5.92 Å². The number of benzene rings is 1. The summed E-state index contributed by atoms with van der Waals surface area (Å²) in [6.07, 6.45) is 5.10. The second kappa shape index (κ2) is 11.4. The van der Waals surface area contributed by atoms with E-state index in [9.17, 15) is 0 Å². The molecule has 2 fully saturated rings.